The number of aryl methyl sites for hydroxylation is 1. The highest BCUT2D eigenvalue weighted by Crippen LogP contribution is 2.24. The van der Waals surface area contributed by atoms with Gasteiger partial charge in [0.05, 0.1) is 17.6 Å². The molecule has 0 spiro atoms. The highest BCUT2D eigenvalue weighted by molar-refractivity contribution is 5.96. The molecular formula is C18H19N3O2. The Morgan fingerprint density at radius 2 is 1.91 bits per heavy atom. The molecule has 0 bridgehead atoms. The van der Waals surface area contributed by atoms with Crippen LogP contribution in [0.25, 0.3) is 16.7 Å². The molecule has 0 saturated carbocycles. The number of ether oxygens (including phenoxy) is 1. The fourth-order valence-electron chi connectivity index (χ4n) is 2.67. The number of aromatic nitrogens is 2. The van der Waals surface area contributed by atoms with E-state index in [1.807, 2.05) is 37.3 Å². The summed E-state index contributed by atoms with van der Waals surface area (Å²) < 4.78 is 7.58. The number of rotatable bonds is 5. The quantitative estimate of drug-likeness (QED) is 0.787. The first kappa shape index (κ1) is 15.1. The molecule has 23 heavy (non-hydrogen) atoms. The van der Waals surface area contributed by atoms with Crippen LogP contribution in [0.15, 0.2) is 42.5 Å². The zero-order valence-corrected chi connectivity index (χ0v) is 13.2. The lowest BCUT2D eigenvalue weighted by Crippen LogP contribution is -2.10. The van der Waals surface area contributed by atoms with Crippen molar-refractivity contribution < 1.29 is 9.53 Å². The van der Waals surface area contributed by atoms with E-state index in [1.165, 1.54) is 0 Å². The molecule has 1 amide bonds. The van der Waals surface area contributed by atoms with Gasteiger partial charge in [0.25, 0.3) is 0 Å². The Hall–Kier alpha value is -2.82. The van der Waals surface area contributed by atoms with E-state index in [4.69, 9.17) is 10.5 Å². The molecule has 0 aliphatic heterocycles. The maximum atomic E-state index is 11.3. The molecule has 2 N–H and O–H groups in total. The fourth-order valence-corrected chi connectivity index (χ4v) is 2.67. The normalized spacial score (nSPS) is 10.9. The van der Waals surface area contributed by atoms with Crippen LogP contribution in [0.4, 0.5) is 0 Å². The van der Waals surface area contributed by atoms with Crippen molar-refractivity contribution in [2.45, 2.75) is 20.3 Å². The van der Waals surface area contributed by atoms with E-state index in [0.29, 0.717) is 12.2 Å². The summed E-state index contributed by atoms with van der Waals surface area (Å²) in [7, 11) is 0. The third kappa shape index (κ3) is 2.77. The van der Waals surface area contributed by atoms with Crippen molar-refractivity contribution >= 4 is 16.9 Å². The van der Waals surface area contributed by atoms with Gasteiger partial charge in [-0.2, -0.15) is 0 Å². The second-order valence-corrected chi connectivity index (χ2v) is 5.21. The first-order chi connectivity index (χ1) is 11.1. The maximum absolute atomic E-state index is 11.3. The van der Waals surface area contributed by atoms with Gasteiger partial charge in [-0.15, -0.1) is 0 Å². The first-order valence-corrected chi connectivity index (χ1v) is 7.68. The van der Waals surface area contributed by atoms with E-state index in [2.05, 4.69) is 16.5 Å². The van der Waals surface area contributed by atoms with Crippen molar-refractivity contribution in [2.24, 2.45) is 5.73 Å². The average molecular weight is 309 g/mol. The standard InChI is InChI=1S/C18H19N3O2/c1-3-17-20-15-11-12(18(19)22)5-10-16(15)21(17)13-6-8-14(9-7-13)23-4-2/h5-11H,3-4H2,1-2H3,(H2,19,22). The number of nitrogens with zero attached hydrogens (tertiary/aromatic N) is 2. The number of imidazole rings is 1. The molecular weight excluding hydrogens is 290 g/mol. The summed E-state index contributed by atoms with van der Waals surface area (Å²) in [5.41, 5.74) is 8.56. The molecule has 2 aromatic carbocycles. The van der Waals surface area contributed by atoms with E-state index in [0.717, 1.165) is 34.7 Å². The van der Waals surface area contributed by atoms with Crippen molar-refractivity contribution in [3.05, 3.63) is 53.9 Å². The maximum Gasteiger partial charge on any atom is 0.248 e. The van der Waals surface area contributed by atoms with Crippen LogP contribution in [-0.2, 0) is 6.42 Å². The number of primary amides is 1. The van der Waals surface area contributed by atoms with Crippen molar-refractivity contribution in [1.29, 1.82) is 0 Å². The predicted octanol–water partition coefficient (Wildman–Crippen LogP) is 3.09. The molecule has 0 fully saturated rings. The van der Waals surface area contributed by atoms with Gasteiger partial charge in [-0.25, -0.2) is 4.98 Å². The molecule has 0 unspecified atom stereocenters. The SMILES string of the molecule is CCOc1ccc(-n2c(CC)nc3cc(C(N)=O)ccc32)cc1. The molecule has 0 aliphatic carbocycles. The summed E-state index contributed by atoms with van der Waals surface area (Å²) in [6.07, 6.45) is 0.786. The number of fused-ring (bicyclic) bond motifs is 1. The van der Waals surface area contributed by atoms with Crippen LogP contribution in [-0.4, -0.2) is 22.1 Å². The minimum absolute atomic E-state index is 0.444. The van der Waals surface area contributed by atoms with Crippen LogP contribution in [0, 0.1) is 0 Å². The smallest absolute Gasteiger partial charge is 0.248 e. The Labute approximate surface area is 134 Å². The van der Waals surface area contributed by atoms with Crippen LogP contribution in [0.5, 0.6) is 5.75 Å². The Kier molecular flexibility index (Phi) is 4.02. The summed E-state index contributed by atoms with van der Waals surface area (Å²) >= 11 is 0. The number of amides is 1. The topological polar surface area (TPSA) is 70.1 Å². The molecule has 3 rings (SSSR count). The van der Waals surface area contributed by atoms with E-state index in [-0.39, 0.29) is 0 Å². The van der Waals surface area contributed by atoms with Crippen LogP contribution in [0.3, 0.4) is 0 Å². The Morgan fingerprint density at radius 3 is 2.52 bits per heavy atom. The lowest BCUT2D eigenvalue weighted by Gasteiger charge is -2.10. The van der Waals surface area contributed by atoms with Gasteiger partial charge in [0.1, 0.15) is 11.6 Å². The zero-order chi connectivity index (χ0) is 16.4. The number of benzene rings is 2. The highest BCUT2D eigenvalue weighted by Gasteiger charge is 2.13. The van der Waals surface area contributed by atoms with Crippen molar-refractivity contribution in [3.8, 4) is 11.4 Å². The summed E-state index contributed by atoms with van der Waals surface area (Å²) in [6.45, 7) is 4.66. The molecule has 1 aromatic heterocycles. The molecule has 118 valence electrons. The number of carbonyl (C=O) groups is 1. The average Bonchev–Trinajstić information content (AvgIpc) is 2.93. The summed E-state index contributed by atoms with van der Waals surface area (Å²) in [5, 5.41) is 0. The minimum Gasteiger partial charge on any atom is -0.494 e. The van der Waals surface area contributed by atoms with Crippen LogP contribution >= 0.6 is 0 Å². The first-order valence-electron chi connectivity index (χ1n) is 7.68. The number of hydrogen-bond donors (Lipinski definition) is 1. The fraction of sp³-hybridized carbons (Fsp3) is 0.222. The van der Waals surface area contributed by atoms with Gasteiger partial charge in [0.15, 0.2) is 0 Å². The monoisotopic (exact) mass is 309 g/mol. The molecule has 1 heterocycles. The lowest BCUT2D eigenvalue weighted by molar-refractivity contribution is 0.100. The molecule has 0 aliphatic rings. The third-order valence-electron chi connectivity index (χ3n) is 3.73. The second kappa shape index (κ2) is 6.12. The van der Waals surface area contributed by atoms with E-state index in [9.17, 15) is 4.79 Å². The number of hydrogen-bond acceptors (Lipinski definition) is 3. The van der Waals surface area contributed by atoms with Gasteiger partial charge in [0.2, 0.25) is 5.91 Å². The molecule has 5 nitrogen and oxygen atoms in total. The van der Waals surface area contributed by atoms with Gasteiger partial charge < -0.3 is 10.5 Å². The number of carbonyl (C=O) groups excluding carboxylic acids is 1. The lowest BCUT2D eigenvalue weighted by atomic mass is 10.2. The Balaban J connectivity index is 2.13. The highest BCUT2D eigenvalue weighted by atomic mass is 16.5. The largest absolute Gasteiger partial charge is 0.494 e. The number of nitrogens with two attached hydrogens (primary N) is 1. The molecule has 3 aromatic rings. The Morgan fingerprint density at radius 1 is 1.17 bits per heavy atom. The zero-order valence-electron chi connectivity index (χ0n) is 13.2. The van der Waals surface area contributed by atoms with Gasteiger partial charge in [-0.3, -0.25) is 9.36 Å². The molecule has 5 heteroatoms. The van der Waals surface area contributed by atoms with Crippen LogP contribution in [0.1, 0.15) is 30.0 Å². The third-order valence-corrected chi connectivity index (χ3v) is 3.73. The summed E-state index contributed by atoms with van der Waals surface area (Å²) in [5.74, 6) is 1.33. The molecule has 0 saturated heterocycles. The Bertz CT molecular complexity index is 851. The summed E-state index contributed by atoms with van der Waals surface area (Å²) in [4.78, 5) is 16.0. The second-order valence-electron chi connectivity index (χ2n) is 5.21. The minimum atomic E-state index is -0.444. The predicted molar refractivity (Wildman–Crippen MR) is 90.1 cm³/mol. The van der Waals surface area contributed by atoms with Crippen molar-refractivity contribution in [2.75, 3.05) is 6.61 Å². The van der Waals surface area contributed by atoms with Gasteiger partial charge >= 0.3 is 0 Å². The van der Waals surface area contributed by atoms with E-state index < -0.39 is 5.91 Å². The van der Waals surface area contributed by atoms with E-state index in [1.54, 1.807) is 12.1 Å². The van der Waals surface area contributed by atoms with Gasteiger partial charge in [0, 0.05) is 17.7 Å². The van der Waals surface area contributed by atoms with Crippen molar-refractivity contribution in [1.82, 2.24) is 9.55 Å². The molecule has 0 atom stereocenters. The summed E-state index contributed by atoms with van der Waals surface area (Å²) in [6, 6.07) is 13.3. The van der Waals surface area contributed by atoms with E-state index >= 15 is 0 Å². The van der Waals surface area contributed by atoms with Crippen LogP contribution in [0.2, 0.25) is 0 Å². The van der Waals surface area contributed by atoms with Gasteiger partial charge in [-0.1, -0.05) is 6.92 Å². The molecule has 0 radical (unpaired) electrons. The van der Waals surface area contributed by atoms with Crippen LogP contribution < -0.4 is 10.5 Å². The van der Waals surface area contributed by atoms with Gasteiger partial charge in [-0.05, 0) is 49.4 Å². The van der Waals surface area contributed by atoms with Crippen molar-refractivity contribution in [3.63, 3.8) is 0 Å².